The highest BCUT2D eigenvalue weighted by atomic mass is 32.1. The summed E-state index contributed by atoms with van der Waals surface area (Å²) in [7, 11) is 0. The van der Waals surface area contributed by atoms with Crippen LogP contribution in [0.25, 0.3) is 0 Å². The topological polar surface area (TPSA) is 56.0 Å². The van der Waals surface area contributed by atoms with Crippen molar-refractivity contribution in [3.8, 4) is 0 Å². The summed E-state index contributed by atoms with van der Waals surface area (Å²) in [6.45, 7) is 0. The Labute approximate surface area is 62.9 Å². The minimum atomic E-state index is -0.256. The fourth-order valence-electron chi connectivity index (χ4n) is 0.612. The maximum Gasteiger partial charge on any atom is 0.217 e. The number of thiazole rings is 1. The predicted molar refractivity (Wildman–Crippen MR) is 39.6 cm³/mol. The quantitative estimate of drug-likeness (QED) is 0.695. The van der Waals surface area contributed by atoms with Gasteiger partial charge in [-0.15, -0.1) is 11.3 Å². The Morgan fingerprint density at radius 1 is 1.80 bits per heavy atom. The van der Waals surface area contributed by atoms with Crippen molar-refractivity contribution in [2.75, 3.05) is 0 Å². The van der Waals surface area contributed by atoms with Gasteiger partial charge in [0, 0.05) is 17.5 Å². The molecule has 0 fully saturated rings. The van der Waals surface area contributed by atoms with Crippen LogP contribution in [0.1, 0.15) is 11.3 Å². The van der Waals surface area contributed by atoms with Crippen molar-refractivity contribution in [3.63, 3.8) is 0 Å². The van der Waals surface area contributed by atoms with Crippen LogP contribution in [0.5, 0.6) is 0 Å². The molecule has 0 bridgehead atoms. The van der Waals surface area contributed by atoms with Crippen molar-refractivity contribution in [1.82, 2.24) is 4.98 Å². The van der Waals surface area contributed by atoms with E-state index in [2.05, 4.69) is 4.98 Å². The van der Waals surface area contributed by atoms with E-state index >= 15 is 0 Å². The first-order chi connectivity index (χ1) is 4.79. The van der Waals surface area contributed by atoms with Crippen molar-refractivity contribution in [2.24, 2.45) is 5.73 Å². The van der Waals surface area contributed by atoms with E-state index in [1.165, 1.54) is 0 Å². The monoisotopic (exact) mass is 156 g/mol. The molecule has 0 aliphatic heterocycles. The van der Waals surface area contributed by atoms with Gasteiger partial charge in [-0.25, -0.2) is 0 Å². The lowest BCUT2D eigenvalue weighted by atomic mass is 10.3. The zero-order chi connectivity index (χ0) is 7.40. The van der Waals surface area contributed by atoms with Crippen LogP contribution < -0.4 is 5.73 Å². The lowest BCUT2D eigenvalue weighted by molar-refractivity contribution is -0.117. The number of aryl methyl sites for hydroxylation is 1. The van der Waals surface area contributed by atoms with Gasteiger partial charge in [0.15, 0.2) is 0 Å². The molecule has 1 heterocycles. The number of amides is 1. The summed E-state index contributed by atoms with van der Waals surface area (Å²) in [4.78, 5) is 15.3. The second-order valence-electron chi connectivity index (χ2n) is 1.93. The van der Waals surface area contributed by atoms with Crippen molar-refractivity contribution >= 4 is 17.2 Å². The number of nitrogens with two attached hydrogens (primary N) is 1. The van der Waals surface area contributed by atoms with E-state index in [9.17, 15) is 4.79 Å². The number of rotatable bonds is 3. The van der Waals surface area contributed by atoms with Crippen LogP contribution in [0.2, 0.25) is 0 Å². The summed E-state index contributed by atoms with van der Waals surface area (Å²) in [5, 5.41) is 0. The first kappa shape index (κ1) is 7.21. The maximum atomic E-state index is 10.3. The second kappa shape index (κ2) is 3.31. The Balaban J connectivity index is 2.35. The Bertz CT molecular complexity index is 208. The first-order valence-electron chi connectivity index (χ1n) is 2.94. The largest absolute Gasteiger partial charge is 0.370 e. The average Bonchev–Trinajstić information content (AvgIpc) is 2.34. The summed E-state index contributed by atoms with van der Waals surface area (Å²) in [6.07, 6.45) is 2.90. The highest BCUT2D eigenvalue weighted by Gasteiger charge is 1.97. The number of nitrogens with zero attached hydrogens (tertiary/aromatic N) is 1. The third kappa shape index (κ3) is 2.14. The summed E-state index contributed by atoms with van der Waals surface area (Å²) in [5.41, 5.74) is 6.70. The fraction of sp³-hybridized carbons (Fsp3) is 0.333. The van der Waals surface area contributed by atoms with Crippen molar-refractivity contribution in [2.45, 2.75) is 12.8 Å². The molecule has 0 atom stereocenters. The molecule has 3 nitrogen and oxygen atoms in total. The molecule has 0 saturated heterocycles. The number of hydrogen-bond acceptors (Lipinski definition) is 3. The van der Waals surface area contributed by atoms with Gasteiger partial charge in [-0.05, 0) is 6.42 Å². The van der Waals surface area contributed by atoms with Gasteiger partial charge < -0.3 is 5.73 Å². The number of hydrogen-bond donors (Lipinski definition) is 1. The Morgan fingerprint density at radius 3 is 3.10 bits per heavy atom. The van der Waals surface area contributed by atoms with Crippen LogP contribution in [0.15, 0.2) is 11.7 Å². The Kier molecular flexibility index (Phi) is 2.39. The molecule has 0 aromatic carbocycles. The minimum Gasteiger partial charge on any atom is -0.370 e. The summed E-state index contributed by atoms with van der Waals surface area (Å²) < 4.78 is 0. The first-order valence-corrected chi connectivity index (χ1v) is 3.82. The molecule has 54 valence electrons. The third-order valence-electron chi connectivity index (χ3n) is 1.10. The van der Waals surface area contributed by atoms with Crippen molar-refractivity contribution < 1.29 is 4.79 Å². The summed E-state index contributed by atoms with van der Waals surface area (Å²) in [6, 6.07) is 0. The van der Waals surface area contributed by atoms with Crippen LogP contribution >= 0.6 is 11.3 Å². The molecule has 0 unspecified atom stereocenters. The Morgan fingerprint density at radius 2 is 2.60 bits per heavy atom. The van der Waals surface area contributed by atoms with E-state index in [-0.39, 0.29) is 5.91 Å². The molecule has 4 heteroatoms. The van der Waals surface area contributed by atoms with Crippen LogP contribution in [0.4, 0.5) is 0 Å². The third-order valence-corrected chi connectivity index (χ3v) is 1.94. The lowest BCUT2D eigenvalue weighted by Crippen LogP contribution is -2.10. The standard InChI is InChI=1S/C6H8N2OS/c7-6(9)2-1-5-3-8-4-10-5/h3-4H,1-2H2,(H2,7,9). The van der Waals surface area contributed by atoms with Crippen LogP contribution in [0.3, 0.4) is 0 Å². The molecular formula is C6H8N2OS. The zero-order valence-corrected chi connectivity index (χ0v) is 6.23. The molecule has 1 aromatic heterocycles. The van der Waals surface area contributed by atoms with E-state index in [1.54, 1.807) is 23.0 Å². The van der Waals surface area contributed by atoms with Crippen molar-refractivity contribution in [1.29, 1.82) is 0 Å². The Hall–Kier alpha value is -0.900. The van der Waals surface area contributed by atoms with Gasteiger partial charge in [-0.3, -0.25) is 9.78 Å². The van der Waals surface area contributed by atoms with E-state index in [0.29, 0.717) is 6.42 Å². The average molecular weight is 156 g/mol. The van der Waals surface area contributed by atoms with Gasteiger partial charge in [0.1, 0.15) is 0 Å². The SMILES string of the molecule is NC(=O)CCc1cncs1. The molecule has 1 aromatic rings. The van der Waals surface area contributed by atoms with E-state index in [4.69, 9.17) is 5.73 Å². The summed E-state index contributed by atoms with van der Waals surface area (Å²) >= 11 is 1.55. The zero-order valence-electron chi connectivity index (χ0n) is 5.41. The van der Waals surface area contributed by atoms with Gasteiger partial charge in [-0.2, -0.15) is 0 Å². The van der Waals surface area contributed by atoms with Gasteiger partial charge in [-0.1, -0.05) is 0 Å². The van der Waals surface area contributed by atoms with E-state index in [0.717, 1.165) is 11.3 Å². The lowest BCUT2D eigenvalue weighted by Gasteiger charge is -1.89. The smallest absolute Gasteiger partial charge is 0.217 e. The van der Waals surface area contributed by atoms with Gasteiger partial charge >= 0.3 is 0 Å². The number of primary amides is 1. The van der Waals surface area contributed by atoms with Crippen LogP contribution in [-0.4, -0.2) is 10.9 Å². The molecule has 0 aliphatic rings. The molecule has 0 saturated carbocycles. The second-order valence-corrected chi connectivity index (χ2v) is 2.90. The normalized spacial score (nSPS) is 9.60. The minimum absolute atomic E-state index is 0.256. The highest BCUT2D eigenvalue weighted by molar-refractivity contribution is 7.09. The number of carbonyl (C=O) groups excluding carboxylic acids is 1. The molecule has 0 spiro atoms. The fourth-order valence-corrected chi connectivity index (χ4v) is 1.21. The molecule has 1 amide bonds. The predicted octanol–water partition coefficient (Wildman–Crippen LogP) is 0.561. The summed E-state index contributed by atoms with van der Waals surface area (Å²) in [5.74, 6) is -0.256. The van der Waals surface area contributed by atoms with E-state index < -0.39 is 0 Å². The molecule has 10 heavy (non-hydrogen) atoms. The van der Waals surface area contributed by atoms with E-state index in [1.807, 2.05) is 0 Å². The molecule has 0 radical (unpaired) electrons. The van der Waals surface area contributed by atoms with Gasteiger partial charge in [0.2, 0.25) is 5.91 Å². The number of aromatic nitrogens is 1. The van der Waals surface area contributed by atoms with Gasteiger partial charge in [0.05, 0.1) is 5.51 Å². The van der Waals surface area contributed by atoms with Crippen LogP contribution in [-0.2, 0) is 11.2 Å². The number of carbonyl (C=O) groups is 1. The molecule has 2 N–H and O–H groups in total. The maximum absolute atomic E-state index is 10.3. The molecular weight excluding hydrogens is 148 g/mol. The molecule has 1 rings (SSSR count). The van der Waals surface area contributed by atoms with Crippen LogP contribution in [0, 0.1) is 0 Å². The van der Waals surface area contributed by atoms with Crippen molar-refractivity contribution in [3.05, 3.63) is 16.6 Å². The molecule has 0 aliphatic carbocycles. The highest BCUT2D eigenvalue weighted by Crippen LogP contribution is 2.07. The van der Waals surface area contributed by atoms with Gasteiger partial charge in [0.25, 0.3) is 0 Å².